The first-order valence-corrected chi connectivity index (χ1v) is 10.5. The first-order valence-electron chi connectivity index (χ1n) is 10.1. The molecule has 2 N–H and O–H groups in total. The summed E-state index contributed by atoms with van der Waals surface area (Å²) in [5.41, 5.74) is 3.14. The first-order chi connectivity index (χ1) is 13.9. The Hall–Kier alpha value is -2.31. The van der Waals surface area contributed by atoms with Crippen LogP contribution in [0.1, 0.15) is 37.9 Å². The van der Waals surface area contributed by atoms with E-state index in [4.69, 9.17) is 16.3 Å². The van der Waals surface area contributed by atoms with Crippen LogP contribution in [0.2, 0.25) is 5.02 Å². The summed E-state index contributed by atoms with van der Waals surface area (Å²) >= 11 is 6.19. The van der Waals surface area contributed by atoms with Crippen molar-refractivity contribution in [3.8, 4) is 5.75 Å². The van der Waals surface area contributed by atoms with Crippen molar-refractivity contribution in [1.82, 2.24) is 9.88 Å². The fourth-order valence-corrected chi connectivity index (χ4v) is 3.76. The third-order valence-corrected chi connectivity index (χ3v) is 5.35. The molecule has 2 heterocycles. The summed E-state index contributed by atoms with van der Waals surface area (Å²) in [5, 5.41) is 6.99. The normalized spacial score (nSPS) is 15.2. The minimum absolute atomic E-state index is 0.112. The minimum Gasteiger partial charge on any atom is -0.492 e. The van der Waals surface area contributed by atoms with E-state index < -0.39 is 0 Å². The van der Waals surface area contributed by atoms with Crippen LogP contribution in [0, 0.1) is 6.92 Å². The van der Waals surface area contributed by atoms with Crippen molar-refractivity contribution in [2.45, 2.75) is 46.2 Å². The van der Waals surface area contributed by atoms with Gasteiger partial charge in [0.1, 0.15) is 11.6 Å². The van der Waals surface area contributed by atoms with Crippen LogP contribution in [-0.2, 0) is 11.3 Å². The molecule has 0 bridgehead atoms. The maximum Gasteiger partial charge on any atom is 0.222 e. The van der Waals surface area contributed by atoms with Gasteiger partial charge in [-0.3, -0.25) is 9.69 Å². The molecule has 29 heavy (non-hydrogen) atoms. The molecule has 7 heteroatoms. The second-order valence-electron chi connectivity index (χ2n) is 7.40. The minimum atomic E-state index is -0.112. The van der Waals surface area contributed by atoms with E-state index >= 15 is 0 Å². The Morgan fingerprint density at radius 2 is 2.03 bits per heavy atom. The molecular formula is C22H29ClN4O2. The number of rotatable bonds is 7. The highest BCUT2D eigenvalue weighted by molar-refractivity contribution is 6.32. The lowest BCUT2D eigenvalue weighted by Gasteiger charge is -2.33. The fraction of sp³-hybridized carbons (Fsp3) is 0.455. The van der Waals surface area contributed by atoms with Gasteiger partial charge in [0, 0.05) is 32.6 Å². The molecule has 1 aliphatic rings. The van der Waals surface area contributed by atoms with Gasteiger partial charge in [-0.05, 0) is 56.5 Å². The van der Waals surface area contributed by atoms with Crippen molar-refractivity contribution in [1.29, 1.82) is 0 Å². The second-order valence-corrected chi connectivity index (χ2v) is 7.81. The first kappa shape index (κ1) is 21.4. The lowest BCUT2D eigenvalue weighted by atomic mass is 10.0. The summed E-state index contributed by atoms with van der Waals surface area (Å²) in [5.74, 6) is 1.23. The summed E-state index contributed by atoms with van der Waals surface area (Å²) in [6.07, 6.45) is 2.14. The second kappa shape index (κ2) is 9.94. The number of nitrogens with one attached hydrogen (secondary N) is 2. The van der Waals surface area contributed by atoms with Crippen molar-refractivity contribution in [2.24, 2.45) is 0 Å². The molecule has 0 saturated carbocycles. The molecule has 1 aromatic carbocycles. The predicted octanol–water partition coefficient (Wildman–Crippen LogP) is 4.48. The van der Waals surface area contributed by atoms with Crippen LogP contribution in [0.5, 0.6) is 5.75 Å². The molecule has 1 amide bonds. The quantitative estimate of drug-likeness (QED) is 0.696. The van der Waals surface area contributed by atoms with Gasteiger partial charge >= 0.3 is 0 Å². The zero-order chi connectivity index (χ0) is 20.8. The summed E-state index contributed by atoms with van der Waals surface area (Å²) < 4.78 is 5.60. The highest BCUT2D eigenvalue weighted by Crippen LogP contribution is 2.27. The largest absolute Gasteiger partial charge is 0.492 e. The van der Waals surface area contributed by atoms with Gasteiger partial charge in [0.25, 0.3) is 0 Å². The van der Waals surface area contributed by atoms with Crippen LogP contribution in [0.25, 0.3) is 0 Å². The number of amides is 1. The smallest absolute Gasteiger partial charge is 0.222 e. The number of carbonyl (C=O) groups is 1. The van der Waals surface area contributed by atoms with Gasteiger partial charge in [0.2, 0.25) is 5.91 Å². The van der Waals surface area contributed by atoms with Crippen LogP contribution in [0.3, 0.4) is 0 Å². The van der Waals surface area contributed by atoms with E-state index in [1.54, 1.807) is 0 Å². The molecule has 0 unspecified atom stereocenters. The number of piperidine rings is 1. The number of pyridine rings is 1. The zero-order valence-corrected chi connectivity index (χ0v) is 18.1. The molecule has 6 nitrogen and oxygen atoms in total. The zero-order valence-electron chi connectivity index (χ0n) is 17.3. The number of ether oxygens (including phenoxy) is 1. The van der Waals surface area contributed by atoms with Crippen molar-refractivity contribution >= 4 is 29.0 Å². The lowest BCUT2D eigenvalue weighted by Crippen LogP contribution is -2.38. The van der Waals surface area contributed by atoms with E-state index in [2.05, 4.69) is 26.6 Å². The van der Waals surface area contributed by atoms with Crippen LogP contribution in [0.15, 0.2) is 30.3 Å². The molecule has 0 radical (unpaired) electrons. The molecule has 2 aromatic rings. The van der Waals surface area contributed by atoms with Gasteiger partial charge < -0.3 is 15.4 Å². The predicted molar refractivity (Wildman–Crippen MR) is 118 cm³/mol. The van der Waals surface area contributed by atoms with Crippen LogP contribution in [0.4, 0.5) is 11.5 Å². The molecule has 156 valence electrons. The SMILES string of the molecule is CCOc1cc(CN2CCC(Nc3ccc(NC(C)=O)nc3C)CC2)ccc1Cl. The van der Waals surface area contributed by atoms with Crippen molar-refractivity contribution in [2.75, 3.05) is 30.3 Å². The maximum atomic E-state index is 11.2. The molecular weight excluding hydrogens is 388 g/mol. The summed E-state index contributed by atoms with van der Waals surface area (Å²) in [6, 6.07) is 10.3. The van der Waals surface area contributed by atoms with Gasteiger partial charge in [-0.25, -0.2) is 4.98 Å². The van der Waals surface area contributed by atoms with Crippen molar-refractivity contribution in [3.63, 3.8) is 0 Å². The Morgan fingerprint density at radius 3 is 2.69 bits per heavy atom. The van der Waals surface area contributed by atoms with Gasteiger partial charge in [-0.1, -0.05) is 17.7 Å². The monoisotopic (exact) mass is 416 g/mol. The Kier molecular flexibility index (Phi) is 7.34. The van der Waals surface area contributed by atoms with Crippen LogP contribution < -0.4 is 15.4 Å². The number of hydrogen-bond acceptors (Lipinski definition) is 5. The van der Waals surface area contributed by atoms with Crippen LogP contribution >= 0.6 is 11.6 Å². The molecule has 1 fully saturated rings. The third-order valence-electron chi connectivity index (χ3n) is 5.04. The van der Waals surface area contributed by atoms with E-state index in [1.165, 1.54) is 12.5 Å². The number of carbonyl (C=O) groups excluding carboxylic acids is 1. The average molecular weight is 417 g/mol. The van der Waals surface area contributed by atoms with Crippen molar-refractivity contribution in [3.05, 3.63) is 46.6 Å². The Labute approximate surface area is 177 Å². The molecule has 1 saturated heterocycles. The number of anilines is 2. The van der Waals surface area contributed by atoms with E-state index in [-0.39, 0.29) is 5.91 Å². The average Bonchev–Trinajstić information content (AvgIpc) is 2.68. The maximum absolute atomic E-state index is 11.2. The third kappa shape index (κ3) is 6.08. The summed E-state index contributed by atoms with van der Waals surface area (Å²) in [4.78, 5) is 18.1. The van der Waals surface area contributed by atoms with Gasteiger partial charge in [0.15, 0.2) is 0 Å². The van der Waals surface area contributed by atoms with Gasteiger partial charge in [0.05, 0.1) is 23.0 Å². The van der Waals surface area contributed by atoms with E-state index in [0.717, 1.165) is 49.6 Å². The highest BCUT2D eigenvalue weighted by atomic mass is 35.5. The number of nitrogens with zero attached hydrogens (tertiary/aromatic N) is 2. The number of halogens is 1. The van der Waals surface area contributed by atoms with E-state index in [9.17, 15) is 4.79 Å². The topological polar surface area (TPSA) is 66.5 Å². The summed E-state index contributed by atoms with van der Waals surface area (Å²) in [7, 11) is 0. The molecule has 0 atom stereocenters. The Balaban J connectivity index is 1.52. The van der Waals surface area contributed by atoms with E-state index in [0.29, 0.717) is 23.5 Å². The molecule has 1 aliphatic heterocycles. The van der Waals surface area contributed by atoms with Gasteiger partial charge in [-0.2, -0.15) is 0 Å². The standard InChI is InChI=1S/C22H29ClN4O2/c1-4-29-21-13-17(5-6-19(21)23)14-27-11-9-18(10-12-27)26-20-7-8-22(24-15(20)2)25-16(3)28/h5-8,13,18,26H,4,9-12,14H2,1-3H3,(H,24,25,28). The number of benzene rings is 1. The van der Waals surface area contributed by atoms with Crippen molar-refractivity contribution < 1.29 is 9.53 Å². The Morgan fingerprint density at radius 1 is 1.28 bits per heavy atom. The highest BCUT2D eigenvalue weighted by Gasteiger charge is 2.20. The molecule has 0 aliphatic carbocycles. The van der Waals surface area contributed by atoms with Gasteiger partial charge in [-0.15, -0.1) is 0 Å². The number of aryl methyl sites for hydroxylation is 1. The molecule has 0 spiro atoms. The van der Waals surface area contributed by atoms with E-state index in [1.807, 2.05) is 38.1 Å². The molecule has 3 rings (SSSR count). The number of hydrogen-bond donors (Lipinski definition) is 2. The lowest BCUT2D eigenvalue weighted by molar-refractivity contribution is -0.114. The van der Waals surface area contributed by atoms with Crippen LogP contribution in [-0.4, -0.2) is 41.5 Å². The number of likely N-dealkylation sites (tertiary alicyclic amines) is 1. The number of aromatic nitrogens is 1. The fourth-order valence-electron chi connectivity index (χ4n) is 3.59. The Bertz CT molecular complexity index is 851. The summed E-state index contributed by atoms with van der Waals surface area (Å²) in [6.45, 7) is 8.97. The molecule has 1 aromatic heterocycles.